The van der Waals surface area contributed by atoms with E-state index in [4.69, 9.17) is 4.74 Å². The summed E-state index contributed by atoms with van der Waals surface area (Å²) in [6.45, 7) is 3.75. The Balaban J connectivity index is 2.26. The second-order valence-electron chi connectivity index (χ2n) is 4.36. The lowest BCUT2D eigenvalue weighted by Crippen LogP contribution is -2.34. The Kier molecular flexibility index (Phi) is 7.10. The predicted molar refractivity (Wildman–Crippen MR) is 73.7 cm³/mol. The van der Waals surface area contributed by atoms with E-state index in [1.54, 1.807) is 14.0 Å². The van der Waals surface area contributed by atoms with E-state index < -0.39 is 6.10 Å². The molecule has 0 saturated carbocycles. The minimum Gasteiger partial charge on any atom is -0.389 e. The van der Waals surface area contributed by atoms with E-state index in [0.717, 1.165) is 11.1 Å². The molecule has 0 aromatic heterocycles. The molecule has 19 heavy (non-hydrogen) atoms. The van der Waals surface area contributed by atoms with Crippen LogP contribution in [-0.2, 0) is 16.1 Å². The van der Waals surface area contributed by atoms with Gasteiger partial charge in [0.2, 0.25) is 5.91 Å². The normalized spacial score (nSPS) is 12.2. The van der Waals surface area contributed by atoms with Gasteiger partial charge in [-0.15, -0.1) is 0 Å². The van der Waals surface area contributed by atoms with Gasteiger partial charge in [0, 0.05) is 20.2 Å². The standard InChI is InChI=1S/C14H22N2O3/c1-11(17)13-5-3-12(4-6-13)9-16-14(18)10-15-7-8-19-2/h3-6,11,15,17H,7-10H2,1-2H3,(H,16,18). The molecule has 0 aliphatic rings. The Bertz CT molecular complexity index is 377. The average Bonchev–Trinajstić information content (AvgIpc) is 2.42. The maximum absolute atomic E-state index is 11.5. The van der Waals surface area contributed by atoms with E-state index in [1.165, 1.54) is 0 Å². The van der Waals surface area contributed by atoms with Crippen LogP contribution in [0.4, 0.5) is 0 Å². The molecule has 0 aliphatic carbocycles. The highest BCUT2D eigenvalue weighted by atomic mass is 16.5. The van der Waals surface area contributed by atoms with Crippen molar-refractivity contribution in [2.45, 2.75) is 19.6 Å². The van der Waals surface area contributed by atoms with Gasteiger partial charge in [-0.25, -0.2) is 0 Å². The highest BCUT2D eigenvalue weighted by Gasteiger charge is 2.02. The van der Waals surface area contributed by atoms with Gasteiger partial charge in [-0.3, -0.25) is 4.79 Å². The quantitative estimate of drug-likeness (QED) is 0.602. The molecule has 1 rings (SSSR count). The summed E-state index contributed by atoms with van der Waals surface area (Å²) in [5.74, 6) is -0.0456. The number of carbonyl (C=O) groups is 1. The molecule has 0 radical (unpaired) electrons. The largest absolute Gasteiger partial charge is 0.389 e. The molecule has 1 aromatic carbocycles. The topological polar surface area (TPSA) is 70.6 Å². The number of aliphatic hydroxyl groups excluding tert-OH is 1. The molecule has 0 fully saturated rings. The van der Waals surface area contributed by atoms with Crippen molar-refractivity contribution in [2.75, 3.05) is 26.8 Å². The van der Waals surface area contributed by atoms with Gasteiger partial charge < -0.3 is 20.5 Å². The van der Waals surface area contributed by atoms with Gasteiger partial charge in [-0.1, -0.05) is 24.3 Å². The van der Waals surface area contributed by atoms with Gasteiger partial charge in [-0.2, -0.15) is 0 Å². The van der Waals surface area contributed by atoms with Crippen LogP contribution in [0.3, 0.4) is 0 Å². The maximum Gasteiger partial charge on any atom is 0.234 e. The first-order valence-electron chi connectivity index (χ1n) is 6.36. The van der Waals surface area contributed by atoms with Gasteiger partial charge in [0.1, 0.15) is 0 Å². The maximum atomic E-state index is 11.5. The Labute approximate surface area is 114 Å². The Morgan fingerprint density at radius 2 is 2.05 bits per heavy atom. The summed E-state index contributed by atoms with van der Waals surface area (Å²) in [7, 11) is 1.62. The third-order valence-electron chi connectivity index (χ3n) is 2.72. The van der Waals surface area contributed by atoms with Crippen LogP contribution in [0.25, 0.3) is 0 Å². The summed E-state index contributed by atoms with van der Waals surface area (Å²) >= 11 is 0. The van der Waals surface area contributed by atoms with Crippen molar-refractivity contribution in [2.24, 2.45) is 0 Å². The summed E-state index contributed by atoms with van der Waals surface area (Å²) in [4.78, 5) is 11.5. The molecule has 3 N–H and O–H groups in total. The third-order valence-corrected chi connectivity index (χ3v) is 2.72. The summed E-state index contributed by atoms with van der Waals surface area (Å²) in [6.07, 6.45) is -0.464. The first-order valence-corrected chi connectivity index (χ1v) is 6.36. The van der Waals surface area contributed by atoms with Crippen molar-refractivity contribution < 1.29 is 14.6 Å². The van der Waals surface area contributed by atoms with E-state index >= 15 is 0 Å². The molecule has 5 nitrogen and oxygen atoms in total. The molecular formula is C14H22N2O3. The first kappa shape index (κ1) is 15.6. The fourth-order valence-corrected chi connectivity index (χ4v) is 1.55. The van der Waals surface area contributed by atoms with Crippen LogP contribution in [0.2, 0.25) is 0 Å². The monoisotopic (exact) mass is 266 g/mol. The number of methoxy groups -OCH3 is 1. The predicted octanol–water partition coefficient (Wildman–Crippen LogP) is 0.592. The van der Waals surface area contributed by atoms with Crippen molar-refractivity contribution in [3.63, 3.8) is 0 Å². The number of hydrogen-bond donors (Lipinski definition) is 3. The van der Waals surface area contributed by atoms with Crippen LogP contribution in [0.5, 0.6) is 0 Å². The number of ether oxygens (including phenoxy) is 1. The van der Waals surface area contributed by atoms with Crippen molar-refractivity contribution in [1.29, 1.82) is 0 Å². The number of carbonyl (C=O) groups excluding carboxylic acids is 1. The fourth-order valence-electron chi connectivity index (χ4n) is 1.55. The highest BCUT2D eigenvalue weighted by molar-refractivity contribution is 5.77. The zero-order valence-corrected chi connectivity index (χ0v) is 11.5. The Morgan fingerprint density at radius 1 is 1.37 bits per heavy atom. The van der Waals surface area contributed by atoms with Crippen molar-refractivity contribution in [1.82, 2.24) is 10.6 Å². The van der Waals surface area contributed by atoms with Crippen LogP contribution in [-0.4, -0.2) is 37.8 Å². The number of amides is 1. The average molecular weight is 266 g/mol. The number of aliphatic hydroxyl groups is 1. The van der Waals surface area contributed by atoms with E-state index in [-0.39, 0.29) is 12.5 Å². The van der Waals surface area contributed by atoms with Gasteiger partial charge in [0.05, 0.1) is 19.3 Å². The number of benzene rings is 1. The lowest BCUT2D eigenvalue weighted by atomic mass is 10.1. The number of rotatable bonds is 8. The molecule has 0 saturated heterocycles. The third kappa shape index (κ3) is 6.33. The van der Waals surface area contributed by atoms with Crippen LogP contribution < -0.4 is 10.6 Å². The SMILES string of the molecule is COCCNCC(=O)NCc1ccc(C(C)O)cc1. The van der Waals surface area contributed by atoms with Crippen molar-refractivity contribution in [3.8, 4) is 0 Å². The molecule has 0 aliphatic heterocycles. The molecule has 0 bridgehead atoms. The Morgan fingerprint density at radius 3 is 2.63 bits per heavy atom. The summed E-state index contributed by atoms with van der Waals surface area (Å²) in [6, 6.07) is 7.54. The highest BCUT2D eigenvalue weighted by Crippen LogP contribution is 2.12. The van der Waals surface area contributed by atoms with E-state index in [2.05, 4.69) is 10.6 Å². The van der Waals surface area contributed by atoms with Gasteiger partial charge >= 0.3 is 0 Å². The molecule has 1 unspecified atom stereocenters. The van der Waals surface area contributed by atoms with E-state index in [1.807, 2.05) is 24.3 Å². The van der Waals surface area contributed by atoms with Crippen LogP contribution in [0.15, 0.2) is 24.3 Å². The second kappa shape index (κ2) is 8.63. The van der Waals surface area contributed by atoms with E-state index in [0.29, 0.717) is 19.7 Å². The molecule has 1 aromatic rings. The molecule has 1 amide bonds. The molecule has 106 valence electrons. The molecule has 5 heteroatoms. The van der Waals surface area contributed by atoms with Crippen molar-refractivity contribution in [3.05, 3.63) is 35.4 Å². The van der Waals surface area contributed by atoms with Crippen LogP contribution in [0, 0.1) is 0 Å². The van der Waals surface area contributed by atoms with Crippen molar-refractivity contribution >= 4 is 5.91 Å². The van der Waals surface area contributed by atoms with Gasteiger partial charge in [-0.05, 0) is 18.1 Å². The smallest absolute Gasteiger partial charge is 0.234 e. The minimum absolute atomic E-state index is 0.0456. The zero-order valence-electron chi connectivity index (χ0n) is 11.5. The minimum atomic E-state index is -0.464. The Hall–Kier alpha value is -1.43. The summed E-state index contributed by atoms with van der Waals surface area (Å²) in [5.41, 5.74) is 1.88. The van der Waals surface area contributed by atoms with Gasteiger partial charge in [0.25, 0.3) is 0 Å². The van der Waals surface area contributed by atoms with Gasteiger partial charge in [0.15, 0.2) is 0 Å². The zero-order chi connectivity index (χ0) is 14.1. The number of nitrogens with one attached hydrogen (secondary N) is 2. The second-order valence-corrected chi connectivity index (χ2v) is 4.36. The lowest BCUT2D eigenvalue weighted by Gasteiger charge is -2.08. The lowest BCUT2D eigenvalue weighted by molar-refractivity contribution is -0.120. The molecule has 0 spiro atoms. The molecular weight excluding hydrogens is 244 g/mol. The van der Waals surface area contributed by atoms with E-state index in [9.17, 15) is 9.90 Å². The van der Waals surface area contributed by atoms with Crippen LogP contribution in [0.1, 0.15) is 24.2 Å². The summed E-state index contributed by atoms with van der Waals surface area (Å²) in [5, 5.41) is 15.2. The first-order chi connectivity index (χ1) is 9.13. The summed E-state index contributed by atoms with van der Waals surface area (Å²) < 4.78 is 4.87. The molecule has 0 heterocycles. The van der Waals surface area contributed by atoms with Crippen LogP contribution >= 0.6 is 0 Å². The molecule has 1 atom stereocenters. The number of hydrogen-bond acceptors (Lipinski definition) is 4. The fraction of sp³-hybridized carbons (Fsp3) is 0.500.